The van der Waals surface area contributed by atoms with Crippen LogP contribution in [0, 0.1) is 0 Å². The molecule has 0 radical (unpaired) electrons. The average Bonchev–Trinajstić information content (AvgIpc) is 2.79. The van der Waals surface area contributed by atoms with E-state index in [0.717, 1.165) is 48.7 Å². The van der Waals surface area contributed by atoms with E-state index in [2.05, 4.69) is 22.3 Å². The summed E-state index contributed by atoms with van der Waals surface area (Å²) in [5.74, 6) is 2.38. The average molecular weight is 412 g/mol. The Morgan fingerprint density at radius 1 is 1.10 bits per heavy atom. The van der Waals surface area contributed by atoms with Crippen LogP contribution in [0.25, 0.3) is 0 Å². The Bertz CT molecular complexity index is 863. The lowest BCUT2D eigenvalue weighted by molar-refractivity contribution is 0.171. The highest BCUT2D eigenvalue weighted by molar-refractivity contribution is 5.74. The van der Waals surface area contributed by atoms with Crippen LogP contribution in [0.1, 0.15) is 18.4 Å². The zero-order valence-electron chi connectivity index (χ0n) is 17.6. The maximum Gasteiger partial charge on any atom is 0.317 e. The highest BCUT2D eigenvalue weighted by Crippen LogP contribution is 2.31. The van der Waals surface area contributed by atoms with Crippen LogP contribution in [0.15, 0.2) is 42.5 Å². The number of urea groups is 1. The van der Waals surface area contributed by atoms with Crippen LogP contribution in [0.4, 0.5) is 10.5 Å². The van der Waals surface area contributed by atoms with Gasteiger partial charge in [-0.05, 0) is 54.8 Å². The topological polar surface area (TPSA) is 63.3 Å². The minimum absolute atomic E-state index is 0.0483. The van der Waals surface area contributed by atoms with Gasteiger partial charge in [-0.2, -0.15) is 0 Å². The molecule has 0 atom stereocenters. The summed E-state index contributed by atoms with van der Waals surface area (Å²) in [6.45, 7) is 3.49. The van der Waals surface area contributed by atoms with Crippen molar-refractivity contribution in [3.05, 3.63) is 48.0 Å². The Labute approximate surface area is 177 Å². The lowest BCUT2D eigenvalue weighted by Gasteiger charge is -2.34. The van der Waals surface area contributed by atoms with Crippen molar-refractivity contribution in [2.45, 2.75) is 25.4 Å². The summed E-state index contributed by atoms with van der Waals surface area (Å²) in [7, 11) is 3.49. The molecule has 4 rings (SSSR count). The molecule has 1 saturated heterocycles. The van der Waals surface area contributed by atoms with Gasteiger partial charge in [-0.25, -0.2) is 4.79 Å². The maximum atomic E-state index is 12.7. The first-order valence-electron chi connectivity index (χ1n) is 10.4. The largest absolute Gasteiger partial charge is 0.497 e. The molecule has 160 valence electrons. The fourth-order valence-electron chi connectivity index (χ4n) is 3.89. The first-order valence-corrected chi connectivity index (χ1v) is 10.4. The Hall–Kier alpha value is -3.09. The number of nitrogens with one attached hydrogen (secondary N) is 1. The van der Waals surface area contributed by atoms with E-state index in [1.807, 2.05) is 37.4 Å². The zero-order valence-corrected chi connectivity index (χ0v) is 17.6. The number of ether oxygens (including phenoxy) is 3. The van der Waals surface area contributed by atoms with Crippen molar-refractivity contribution in [2.75, 3.05) is 45.4 Å². The maximum absolute atomic E-state index is 12.7. The zero-order chi connectivity index (χ0) is 20.9. The van der Waals surface area contributed by atoms with Gasteiger partial charge in [0, 0.05) is 38.4 Å². The molecule has 2 amide bonds. The third-order valence-corrected chi connectivity index (χ3v) is 5.63. The van der Waals surface area contributed by atoms with E-state index in [1.165, 1.54) is 5.69 Å². The molecular weight excluding hydrogens is 382 g/mol. The molecule has 2 aliphatic heterocycles. The molecule has 0 unspecified atom stereocenters. The number of anilines is 1. The number of benzene rings is 2. The van der Waals surface area contributed by atoms with E-state index in [4.69, 9.17) is 14.2 Å². The van der Waals surface area contributed by atoms with Crippen molar-refractivity contribution < 1.29 is 19.0 Å². The summed E-state index contributed by atoms with van der Waals surface area (Å²) >= 11 is 0. The molecule has 2 aromatic rings. The lowest BCUT2D eigenvalue weighted by atomic mass is 10.0. The van der Waals surface area contributed by atoms with Crippen LogP contribution < -0.4 is 24.4 Å². The van der Waals surface area contributed by atoms with Crippen molar-refractivity contribution >= 4 is 11.7 Å². The number of hydrogen-bond donors (Lipinski definition) is 1. The second-order valence-corrected chi connectivity index (χ2v) is 7.74. The van der Waals surface area contributed by atoms with Gasteiger partial charge in [-0.15, -0.1) is 0 Å². The number of rotatable bonds is 5. The number of carbonyl (C=O) groups is 1. The molecule has 0 saturated carbocycles. The first kappa shape index (κ1) is 20.2. The van der Waals surface area contributed by atoms with Crippen molar-refractivity contribution in [3.63, 3.8) is 0 Å². The van der Waals surface area contributed by atoms with Gasteiger partial charge in [0.15, 0.2) is 11.5 Å². The Morgan fingerprint density at radius 2 is 1.80 bits per heavy atom. The number of carbonyl (C=O) groups excluding carboxylic acids is 1. The number of methoxy groups -OCH3 is 1. The van der Waals surface area contributed by atoms with Crippen molar-refractivity contribution in [1.29, 1.82) is 0 Å². The summed E-state index contributed by atoms with van der Waals surface area (Å²) in [6.07, 6.45) is 1.85. The highest BCUT2D eigenvalue weighted by atomic mass is 16.6. The molecule has 2 aliphatic rings. The molecule has 1 fully saturated rings. The third-order valence-electron chi connectivity index (χ3n) is 5.63. The Balaban J connectivity index is 1.26. The number of amides is 2. The molecule has 2 heterocycles. The summed E-state index contributed by atoms with van der Waals surface area (Å²) in [5, 5.41) is 3.18. The fourth-order valence-corrected chi connectivity index (χ4v) is 3.89. The number of hydrogen-bond acceptors (Lipinski definition) is 5. The van der Waals surface area contributed by atoms with Gasteiger partial charge in [0.2, 0.25) is 0 Å². The second-order valence-electron chi connectivity index (χ2n) is 7.74. The third kappa shape index (κ3) is 4.72. The highest BCUT2D eigenvalue weighted by Gasteiger charge is 2.22. The first-order chi connectivity index (χ1) is 14.6. The Kier molecular flexibility index (Phi) is 6.16. The van der Waals surface area contributed by atoms with Gasteiger partial charge in [0.1, 0.15) is 19.0 Å². The fraction of sp³-hybridized carbons (Fsp3) is 0.435. The van der Waals surface area contributed by atoms with E-state index in [9.17, 15) is 4.79 Å². The summed E-state index contributed by atoms with van der Waals surface area (Å²) in [6, 6.07) is 14.1. The summed E-state index contributed by atoms with van der Waals surface area (Å²) in [5.41, 5.74) is 2.21. The van der Waals surface area contributed by atoms with Crippen LogP contribution in [0.2, 0.25) is 0 Å². The van der Waals surface area contributed by atoms with Crippen molar-refractivity contribution in [2.24, 2.45) is 0 Å². The van der Waals surface area contributed by atoms with Crippen molar-refractivity contribution in [3.8, 4) is 17.2 Å². The van der Waals surface area contributed by atoms with E-state index in [0.29, 0.717) is 19.8 Å². The van der Waals surface area contributed by atoms with Gasteiger partial charge in [0.05, 0.1) is 7.11 Å². The van der Waals surface area contributed by atoms with E-state index in [-0.39, 0.29) is 12.1 Å². The molecular formula is C23H29N3O4. The van der Waals surface area contributed by atoms with Crippen LogP contribution in [-0.4, -0.2) is 57.4 Å². The molecule has 7 nitrogen and oxygen atoms in total. The summed E-state index contributed by atoms with van der Waals surface area (Å²) in [4.78, 5) is 16.7. The SMILES string of the molecule is COc1ccc(N2CCC(NC(=O)N(C)Cc3ccc4c(c3)OCCO4)CC2)cc1. The molecule has 0 bridgehead atoms. The van der Waals surface area contributed by atoms with E-state index >= 15 is 0 Å². The molecule has 0 aromatic heterocycles. The molecule has 0 spiro atoms. The quantitative estimate of drug-likeness (QED) is 0.818. The number of piperidine rings is 1. The lowest BCUT2D eigenvalue weighted by Crippen LogP contribution is -2.48. The Morgan fingerprint density at radius 3 is 2.50 bits per heavy atom. The number of fused-ring (bicyclic) bond motifs is 1. The van der Waals surface area contributed by atoms with Crippen LogP contribution in [-0.2, 0) is 6.54 Å². The predicted molar refractivity (Wildman–Crippen MR) is 116 cm³/mol. The predicted octanol–water partition coefficient (Wildman–Crippen LogP) is 3.28. The van der Waals surface area contributed by atoms with Gasteiger partial charge < -0.3 is 29.3 Å². The monoisotopic (exact) mass is 411 g/mol. The minimum atomic E-state index is -0.0483. The van der Waals surface area contributed by atoms with Crippen LogP contribution >= 0.6 is 0 Å². The smallest absolute Gasteiger partial charge is 0.317 e. The summed E-state index contributed by atoms with van der Waals surface area (Å²) < 4.78 is 16.4. The van der Waals surface area contributed by atoms with Gasteiger partial charge in [-0.3, -0.25) is 0 Å². The molecule has 0 aliphatic carbocycles. The molecule has 7 heteroatoms. The molecule has 1 N–H and O–H groups in total. The van der Waals surface area contributed by atoms with Gasteiger partial charge in [-0.1, -0.05) is 6.07 Å². The molecule has 30 heavy (non-hydrogen) atoms. The van der Waals surface area contributed by atoms with Gasteiger partial charge >= 0.3 is 6.03 Å². The van der Waals surface area contributed by atoms with E-state index in [1.54, 1.807) is 12.0 Å². The second kappa shape index (κ2) is 9.15. The minimum Gasteiger partial charge on any atom is -0.497 e. The van der Waals surface area contributed by atoms with Crippen LogP contribution in [0.3, 0.4) is 0 Å². The van der Waals surface area contributed by atoms with E-state index < -0.39 is 0 Å². The number of nitrogens with zero attached hydrogens (tertiary/aromatic N) is 2. The standard InChI is InChI=1S/C23H29N3O4/c1-25(16-17-3-8-21-22(15-17)30-14-13-29-21)23(27)24-18-9-11-26(12-10-18)19-4-6-20(28-2)7-5-19/h3-8,15,18H,9-14,16H2,1-2H3,(H,24,27). The van der Waals surface area contributed by atoms with Gasteiger partial charge in [0.25, 0.3) is 0 Å². The van der Waals surface area contributed by atoms with Crippen molar-refractivity contribution in [1.82, 2.24) is 10.2 Å². The van der Waals surface area contributed by atoms with Crippen LogP contribution in [0.5, 0.6) is 17.2 Å². The molecule has 2 aromatic carbocycles. The normalized spacial score (nSPS) is 16.1.